The maximum atomic E-state index is 6.39. The Balaban J connectivity index is 1.69. The van der Waals surface area contributed by atoms with Gasteiger partial charge in [0.25, 0.3) is 0 Å². The van der Waals surface area contributed by atoms with Crippen LogP contribution in [0, 0.1) is 6.92 Å². The van der Waals surface area contributed by atoms with Crippen LogP contribution in [0.15, 0.2) is 65.1 Å². The maximum absolute atomic E-state index is 6.39. The van der Waals surface area contributed by atoms with Crippen LogP contribution in [0.4, 0.5) is 16.4 Å². The molecule has 0 saturated carbocycles. The Hall–Kier alpha value is -2.98. The fourth-order valence-electron chi connectivity index (χ4n) is 4.51. The maximum Gasteiger partial charge on any atom is 0.159 e. The van der Waals surface area contributed by atoms with Crippen molar-refractivity contribution in [3.05, 3.63) is 66.2 Å². The summed E-state index contributed by atoms with van der Waals surface area (Å²) in [6.45, 7) is 4.45. The number of benzene rings is 3. The number of hydrogen-bond acceptors (Lipinski definition) is 4. The van der Waals surface area contributed by atoms with Crippen molar-refractivity contribution in [2.45, 2.75) is 20.0 Å². The quantitative estimate of drug-likeness (QED) is 0.309. The van der Waals surface area contributed by atoms with E-state index >= 15 is 0 Å². The van der Waals surface area contributed by atoms with Crippen molar-refractivity contribution in [2.75, 3.05) is 16.8 Å². The molecule has 0 spiro atoms. The number of thiophene rings is 1. The van der Waals surface area contributed by atoms with Crippen LogP contribution in [-0.4, -0.2) is 13.2 Å². The molecule has 1 aliphatic rings. The Morgan fingerprint density at radius 2 is 1.61 bits per heavy atom. The van der Waals surface area contributed by atoms with E-state index in [0.717, 1.165) is 11.2 Å². The number of nitrogens with zero attached hydrogens (tertiary/aromatic N) is 2. The zero-order chi connectivity index (χ0) is 19.0. The van der Waals surface area contributed by atoms with Gasteiger partial charge < -0.3 is 14.2 Å². The van der Waals surface area contributed by atoms with E-state index in [1.807, 2.05) is 17.4 Å². The molecule has 6 rings (SSSR count). The second-order valence-electron chi connectivity index (χ2n) is 7.57. The molecular weight excluding hydrogens is 364 g/mol. The number of hydrogen-bond donors (Lipinski definition) is 0. The highest BCUT2D eigenvalue weighted by Gasteiger charge is 2.37. The zero-order valence-corrected chi connectivity index (χ0v) is 16.9. The summed E-state index contributed by atoms with van der Waals surface area (Å²) in [4.78, 5) is 4.84. The highest BCUT2D eigenvalue weighted by molar-refractivity contribution is 7.24. The molecule has 3 aromatic carbocycles. The monoisotopic (exact) mass is 384 g/mol. The summed E-state index contributed by atoms with van der Waals surface area (Å²) in [5, 5.41) is 4.98. The van der Waals surface area contributed by atoms with E-state index in [0.29, 0.717) is 0 Å². The molecule has 28 heavy (non-hydrogen) atoms. The SMILES string of the molecule is Cc1ccc2c(oc3ccccc32)c1N1c2sc3ccccc3c2N(C)[C@@H]1C. The van der Waals surface area contributed by atoms with Crippen LogP contribution in [0.3, 0.4) is 0 Å². The third-order valence-electron chi connectivity index (χ3n) is 6.02. The minimum Gasteiger partial charge on any atom is -0.454 e. The van der Waals surface area contributed by atoms with E-state index in [4.69, 9.17) is 4.42 Å². The average Bonchev–Trinajstić information content (AvgIpc) is 3.33. The van der Waals surface area contributed by atoms with Crippen molar-refractivity contribution in [3.8, 4) is 0 Å². The van der Waals surface area contributed by atoms with Crippen molar-refractivity contribution < 1.29 is 4.42 Å². The molecule has 0 fully saturated rings. The summed E-state index contributed by atoms with van der Waals surface area (Å²) in [6, 6.07) is 21.4. The Morgan fingerprint density at radius 3 is 2.46 bits per heavy atom. The lowest BCUT2D eigenvalue weighted by molar-refractivity contribution is 0.661. The first-order valence-corrected chi connectivity index (χ1v) is 10.4. The van der Waals surface area contributed by atoms with Gasteiger partial charge in [0.05, 0.1) is 11.4 Å². The first-order valence-electron chi connectivity index (χ1n) is 9.59. The van der Waals surface area contributed by atoms with Crippen LogP contribution < -0.4 is 9.80 Å². The predicted octanol–water partition coefficient (Wildman–Crippen LogP) is 7.04. The summed E-state index contributed by atoms with van der Waals surface area (Å²) < 4.78 is 7.72. The number of anilines is 3. The lowest BCUT2D eigenvalue weighted by Gasteiger charge is -2.29. The van der Waals surface area contributed by atoms with Crippen molar-refractivity contribution in [3.63, 3.8) is 0 Å². The first kappa shape index (κ1) is 16.0. The molecule has 0 saturated heterocycles. The minimum absolute atomic E-state index is 0.225. The van der Waals surface area contributed by atoms with Crippen molar-refractivity contribution in [1.82, 2.24) is 0 Å². The summed E-state index contributed by atoms with van der Waals surface area (Å²) in [6.07, 6.45) is 0.225. The molecule has 0 radical (unpaired) electrons. The normalized spacial score (nSPS) is 16.6. The topological polar surface area (TPSA) is 19.6 Å². The molecule has 0 amide bonds. The molecule has 0 unspecified atom stereocenters. The van der Waals surface area contributed by atoms with Gasteiger partial charge in [-0.15, -0.1) is 11.3 Å². The van der Waals surface area contributed by atoms with E-state index < -0.39 is 0 Å². The molecule has 4 heteroatoms. The van der Waals surface area contributed by atoms with Gasteiger partial charge in [0.1, 0.15) is 16.7 Å². The average molecular weight is 385 g/mol. The van der Waals surface area contributed by atoms with Gasteiger partial charge in [-0.05, 0) is 31.5 Å². The molecule has 0 aliphatic carbocycles. The van der Waals surface area contributed by atoms with Crippen LogP contribution in [0.25, 0.3) is 32.0 Å². The number of para-hydroxylation sites is 1. The van der Waals surface area contributed by atoms with E-state index in [1.165, 1.54) is 42.8 Å². The molecule has 3 heterocycles. The number of rotatable bonds is 1. The molecule has 138 valence electrons. The Bertz CT molecular complexity index is 1380. The fraction of sp³-hybridized carbons (Fsp3) is 0.167. The third kappa shape index (κ3) is 1.93. The highest BCUT2D eigenvalue weighted by atomic mass is 32.1. The summed E-state index contributed by atoms with van der Waals surface area (Å²) in [7, 11) is 2.19. The van der Waals surface area contributed by atoms with Crippen LogP contribution >= 0.6 is 11.3 Å². The second kappa shape index (κ2) is 5.52. The number of fused-ring (bicyclic) bond motifs is 6. The van der Waals surface area contributed by atoms with E-state index in [1.54, 1.807) is 0 Å². The van der Waals surface area contributed by atoms with Gasteiger partial charge in [-0.25, -0.2) is 0 Å². The van der Waals surface area contributed by atoms with Gasteiger partial charge in [-0.2, -0.15) is 0 Å². The van der Waals surface area contributed by atoms with Gasteiger partial charge in [0.2, 0.25) is 0 Å². The number of furan rings is 1. The van der Waals surface area contributed by atoms with Crippen LogP contribution in [0.2, 0.25) is 0 Å². The van der Waals surface area contributed by atoms with E-state index in [2.05, 4.69) is 85.3 Å². The molecular formula is C24H20N2OS. The van der Waals surface area contributed by atoms with Crippen LogP contribution in [0.1, 0.15) is 12.5 Å². The predicted molar refractivity (Wildman–Crippen MR) is 120 cm³/mol. The summed E-state index contributed by atoms with van der Waals surface area (Å²) in [5.41, 5.74) is 5.66. The molecule has 3 nitrogen and oxygen atoms in total. The zero-order valence-electron chi connectivity index (χ0n) is 16.1. The lowest BCUT2D eigenvalue weighted by Crippen LogP contribution is -2.36. The van der Waals surface area contributed by atoms with Crippen molar-refractivity contribution in [2.24, 2.45) is 0 Å². The van der Waals surface area contributed by atoms with Gasteiger partial charge in [-0.3, -0.25) is 0 Å². The Morgan fingerprint density at radius 1 is 0.857 bits per heavy atom. The smallest absolute Gasteiger partial charge is 0.159 e. The molecule has 2 aromatic heterocycles. The Kier molecular flexibility index (Phi) is 3.16. The van der Waals surface area contributed by atoms with Crippen LogP contribution in [0.5, 0.6) is 0 Å². The molecule has 0 N–H and O–H groups in total. The second-order valence-corrected chi connectivity index (χ2v) is 8.60. The lowest BCUT2D eigenvalue weighted by atomic mass is 10.1. The van der Waals surface area contributed by atoms with E-state index in [-0.39, 0.29) is 6.17 Å². The van der Waals surface area contributed by atoms with E-state index in [9.17, 15) is 0 Å². The summed E-state index contributed by atoms with van der Waals surface area (Å²) in [5.74, 6) is 0. The largest absolute Gasteiger partial charge is 0.454 e. The van der Waals surface area contributed by atoms with Crippen LogP contribution in [-0.2, 0) is 0 Å². The molecule has 5 aromatic rings. The minimum atomic E-state index is 0.225. The van der Waals surface area contributed by atoms with Gasteiger partial charge in [0.15, 0.2) is 5.58 Å². The highest BCUT2D eigenvalue weighted by Crippen LogP contribution is 2.54. The standard InChI is InChI=1S/C24H20N2OS/c1-14-12-13-17-16-8-4-6-10-19(16)27-23(17)21(14)26-15(2)25(3)22-18-9-5-7-11-20(18)28-24(22)26/h4-13,15H,1-3H3/t15-/m0/s1. The molecule has 0 bridgehead atoms. The molecule has 1 atom stereocenters. The fourth-order valence-corrected chi connectivity index (χ4v) is 5.84. The molecule has 1 aliphatic heterocycles. The number of aryl methyl sites for hydroxylation is 1. The van der Waals surface area contributed by atoms with Crippen molar-refractivity contribution in [1.29, 1.82) is 0 Å². The summed E-state index contributed by atoms with van der Waals surface area (Å²) >= 11 is 1.86. The van der Waals surface area contributed by atoms with Crippen molar-refractivity contribution >= 4 is 59.7 Å². The van der Waals surface area contributed by atoms with Gasteiger partial charge >= 0.3 is 0 Å². The van der Waals surface area contributed by atoms with Gasteiger partial charge in [-0.1, -0.05) is 48.5 Å². The third-order valence-corrected chi connectivity index (χ3v) is 7.18. The van der Waals surface area contributed by atoms with Gasteiger partial charge in [0, 0.05) is 27.9 Å². The first-order chi connectivity index (χ1) is 13.6. The Labute approximate surface area is 167 Å².